The summed E-state index contributed by atoms with van der Waals surface area (Å²) in [6.45, 7) is 1.70. The molecule has 0 aliphatic heterocycles. The number of methoxy groups -OCH3 is 2. The molecule has 0 unspecified atom stereocenters. The molecule has 2 rings (SSSR count). The number of carbonyl (C=O) groups is 1. The van der Waals surface area contributed by atoms with Gasteiger partial charge in [-0.05, 0) is 19.1 Å². The van der Waals surface area contributed by atoms with E-state index in [0.29, 0.717) is 17.2 Å². The Balaban J connectivity index is 2.30. The van der Waals surface area contributed by atoms with Gasteiger partial charge in [0.05, 0.1) is 19.9 Å². The van der Waals surface area contributed by atoms with E-state index in [0.717, 1.165) is 0 Å². The Labute approximate surface area is 110 Å². The second kappa shape index (κ2) is 5.43. The van der Waals surface area contributed by atoms with E-state index in [1.807, 2.05) is 0 Å². The number of hydrogen-bond donors (Lipinski definition) is 1. The molecule has 0 atom stereocenters. The Morgan fingerprint density at radius 2 is 2.00 bits per heavy atom. The summed E-state index contributed by atoms with van der Waals surface area (Å²) >= 11 is 0. The largest absolute Gasteiger partial charge is 0.497 e. The molecule has 0 radical (unpaired) electrons. The fourth-order valence-corrected chi connectivity index (χ4v) is 1.61. The zero-order chi connectivity index (χ0) is 13.8. The second-order valence-electron chi connectivity index (χ2n) is 3.79. The Hall–Kier alpha value is -2.50. The average molecular weight is 262 g/mol. The van der Waals surface area contributed by atoms with Gasteiger partial charge in [0.15, 0.2) is 0 Å². The van der Waals surface area contributed by atoms with Crippen LogP contribution in [0.15, 0.2) is 24.3 Å². The summed E-state index contributed by atoms with van der Waals surface area (Å²) in [6.07, 6.45) is 0. The molecule has 1 N–H and O–H groups in total. The van der Waals surface area contributed by atoms with E-state index < -0.39 is 5.97 Å². The number of aromatic nitrogens is 2. The second-order valence-corrected chi connectivity index (χ2v) is 3.79. The van der Waals surface area contributed by atoms with Crippen molar-refractivity contribution in [2.45, 2.75) is 6.92 Å². The van der Waals surface area contributed by atoms with E-state index in [4.69, 9.17) is 14.2 Å². The minimum absolute atomic E-state index is 0.248. The van der Waals surface area contributed by atoms with E-state index in [2.05, 4.69) is 10.2 Å². The van der Waals surface area contributed by atoms with Gasteiger partial charge in [-0.15, -0.1) is 0 Å². The maximum absolute atomic E-state index is 11.6. The summed E-state index contributed by atoms with van der Waals surface area (Å²) in [5.74, 6) is 0.947. The van der Waals surface area contributed by atoms with Crippen molar-refractivity contribution in [3.63, 3.8) is 0 Å². The molecule has 6 heteroatoms. The first kappa shape index (κ1) is 12.9. The van der Waals surface area contributed by atoms with E-state index in [-0.39, 0.29) is 11.4 Å². The highest BCUT2D eigenvalue weighted by Gasteiger charge is 2.20. The van der Waals surface area contributed by atoms with Gasteiger partial charge in [-0.25, -0.2) is 9.89 Å². The van der Waals surface area contributed by atoms with Crippen molar-refractivity contribution >= 4 is 5.97 Å². The average Bonchev–Trinajstić information content (AvgIpc) is 2.79. The summed E-state index contributed by atoms with van der Waals surface area (Å²) in [6, 6.07) is 7.04. The van der Waals surface area contributed by atoms with Crippen LogP contribution in [0.5, 0.6) is 17.4 Å². The fraction of sp³-hybridized carbons (Fsp3) is 0.231. The van der Waals surface area contributed by atoms with Crippen molar-refractivity contribution < 1.29 is 19.0 Å². The minimum atomic E-state index is -0.496. The van der Waals surface area contributed by atoms with Crippen molar-refractivity contribution in [2.24, 2.45) is 0 Å². The molecule has 1 aromatic carbocycles. The van der Waals surface area contributed by atoms with Gasteiger partial charge in [0.25, 0.3) is 0 Å². The van der Waals surface area contributed by atoms with Crippen LogP contribution in [0.4, 0.5) is 0 Å². The van der Waals surface area contributed by atoms with Crippen LogP contribution in [0, 0.1) is 6.92 Å². The number of H-pyrrole nitrogens is 1. The molecule has 0 aliphatic carbocycles. The maximum atomic E-state index is 11.6. The molecule has 6 nitrogen and oxygen atoms in total. The minimum Gasteiger partial charge on any atom is -0.497 e. The van der Waals surface area contributed by atoms with Gasteiger partial charge in [0.1, 0.15) is 17.1 Å². The van der Waals surface area contributed by atoms with Gasteiger partial charge in [0.2, 0.25) is 5.88 Å². The third-order valence-electron chi connectivity index (χ3n) is 2.56. The Morgan fingerprint density at radius 3 is 2.68 bits per heavy atom. The molecule has 0 fully saturated rings. The lowest BCUT2D eigenvalue weighted by atomic mass is 10.2. The highest BCUT2D eigenvalue weighted by Crippen LogP contribution is 2.27. The molecule has 1 aromatic heterocycles. The number of carbonyl (C=O) groups excluding carboxylic acids is 1. The predicted octanol–water partition coefficient (Wildman–Crippen LogP) is 2.31. The van der Waals surface area contributed by atoms with Crippen LogP contribution in [0.3, 0.4) is 0 Å². The topological polar surface area (TPSA) is 73.4 Å². The maximum Gasteiger partial charge on any atom is 0.345 e. The lowest BCUT2D eigenvalue weighted by Gasteiger charge is -2.06. The molecule has 1 heterocycles. The monoisotopic (exact) mass is 262 g/mol. The van der Waals surface area contributed by atoms with Gasteiger partial charge in [-0.1, -0.05) is 6.07 Å². The molecule has 0 amide bonds. The number of aryl methyl sites for hydroxylation is 1. The normalized spacial score (nSPS) is 10.1. The van der Waals surface area contributed by atoms with Crippen molar-refractivity contribution in [2.75, 3.05) is 14.2 Å². The third-order valence-corrected chi connectivity index (χ3v) is 2.56. The zero-order valence-corrected chi connectivity index (χ0v) is 10.9. The number of nitrogens with one attached hydrogen (secondary N) is 1. The number of aromatic amines is 1. The Morgan fingerprint density at radius 1 is 1.26 bits per heavy atom. The van der Waals surface area contributed by atoms with E-state index in [1.165, 1.54) is 7.11 Å². The van der Waals surface area contributed by atoms with Crippen molar-refractivity contribution in [3.8, 4) is 17.4 Å². The fourth-order valence-electron chi connectivity index (χ4n) is 1.61. The molecule has 0 bridgehead atoms. The van der Waals surface area contributed by atoms with Crippen molar-refractivity contribution in [1.82, 2.24) is 10.2 Å². The molecule has 0 saturated carbocycles. The Bertz CT molecular complexity index is 592. The zero-order valence-electron chi connectivity index (χ0n) is 10.9. The lowest BCUT2D eigenvalue weighted by Crippen LogP contribution is -2.03. The highest BCUT2D eigenvalue weighted by atomic mass is 16.5. The lowest BCUT2D eigenvalue weighted by molar-refractivity contribution is 0.0597. The molecule has 0 saturated heterocycles. The summed E-state index contributed by atoms with van der Waals surface area (Å²) in [7, 11) is 2.88. The van der Waals surface area contributed by atoms with Gasteiger partial charge in [0, 0.05) is 6.07 Å². The van der Waals surface area contributed by atoms with Gasteiger partial charge in [-0.3, -0.25) is 0 Å². The summed E-state index contributed by atoms with van der Waals surface area (Å²) in [5, 5.41) is 6.60. The molecular formula is C13H14N2O4. The van der Waals surface area contributed by atoms with Gasteiger partial charge < -0.3 is 14.2 Å². The Kier molecular flexibility index (Phi) is 3.70. The number of benzene rings is 1. The van der Waals surface area contributed by atoms with Gasteiger partial charge >= 0.3 is 5.97 Å². The molecule has 0 spiro atoms. The molecule has 0 aliphatic rings. The first-order valence-corrected chi connectivity index (χ1v) is 5.61. The highest BCUT2D eigenvalue weighted by molar-refractivity contribution is 5.93. The standard InChI is InChI=1S/C13H14N2O4/c1-8-11(13(16)18-3)12(15-14-8)19-10-6-4-5-9(7-10)17-2/h4-7H,1-3H3,(H,14,15). The van der Waals surface area contributed by atoms with Crippen molar-refractivity contribution in [1.29, 1.82) is 0 Å². The van der Waals surface area contributed by atoms with Crippen LogP contribution in [0.1, 0.15) is 16.1 Å². The van der Waals surface area contributed by atoms with Crippen LogP contribution in [0.2, 0.25) is 0 Å². The van der Waals surface area contributed by atoms with E-state index in [9.17, 15) is 4.79 Å². The molecule has 2 aromatic rings. The predicted molar refractivity (Wildman–Crippen MR) is 67.7 cm³/mol. The van der Waals surface area contributed by atoms with Gasteiger partial charge in [-0.2, -0.15) is 5.10 Å². The number of ether oxygens (including phenoxy) is 3. The SMILES string of the molecule is COC(=O)c1c(C)n[nH]c1Oc1cccc(OC)c1. The van der Waals surface area contributed by atoms with Crippen LogP contribution in [0.25, 0.3) is 0 Å². The molecule has 19 heavy (non-hydrogen) atoms. The molecular weight excluding hydrogens is 248 g/mol. The van der Waals surface area contributed by atoms with E-state index >= 15 is 0 Å². The summed E-state index contributed by atoms with van der Waals surface area (Å²) in [4.78, 5) is 11.6. The summed E-state index contributed by atoms with van der Waals surface area (Å²) in [5.41, 5.74) is 0.801. The first-order valence-electron chi connectivity index (χ1n) is 5.61. The quantitative estimate of drug-likeness (QED) is 0.856. The molecule has 100 valence electrons. The van der Waals surface area contributed by atoms with Crippen molar-refractivity contribution in [3.05, 3.63) is 35.5 Å². The number of nitrogens with zero attached hydrogens (tertiary/aromatic N) is 1. The van der Waals surface area contributed by atoms with Crippen LogP contribution >= 0.6 is 0 Å². The van der Waals surface area contributed by atoms with Crippen LogP contribution < -0.4 is 9.47 Å². The van der Waals surface area contributed by atoms with Crippen LogP contribution in [-0.2, 0) is 4.74 Å². The van der Waals surface area contributed by atoms with E-state index in [1.54, 1.807) is 38.3 Å². The number of rotatable bonds is 4. The number of hydrogen-bond acceptors (Lipinski definition) is 5. The van der Waals surface area contributed by atoms with Crippen LogP contribution in [-0.4, -0.2) is 30.4 Å². The third kappa shape index (κ3) is 2.67. The number of esters is 1. The smallest absolute Gasteiger partial charge is 0.345 e. The first-order chi connectivity index (χ1) is 9.15. The summed E-state index contributed by atoms with van der Waals surface area (Å²) < 4.78 is 15.4.